The standard InChI is InChI=1S/C20H31FN4O2/c1-20(2,25-11-13-27-14-12-25)16-22-19(26)15-23-7-9-24(10-8-23)18-6-4-3-5-17(18)21/h3-6H,7-16H2,1-2H3,(H,22,26). The van der Waals surface area contributed by atoms with Gasteiger partial charge in [0.1, 0.15) is 5.82 Å². The highest BCUT2D eigenvalue weighted by Crippen LogP contribution is 2.20. The number of ether oxygens (including phenoxy) is 1. The van der Waals surface area contributed by atoms with Gasteiger partial charge in [-0.1, -0.05) is 12.1 Å². The summed E-state index contributed by atoms with van der Waals surface area (Å²) in [7, 11) is 0. The minimum Gasteiger partial charge on any atom is -0.379 e. The van der Waals surface area contributed by atoms with Crippen molar-refractivity contribution in [2.24, 2.45) is 0 Å². The Bertz CT molecular complexity index is 626. The summed E-state index contributed by atoms with van der Waals surface area (Å²) in [6.07, 6.45) is 0. The van der Waals surface area contributed by atoms with Crippen LogP contribution in [0.2, 0.25) is 0 Å². The third kappa shape index (κ3) is 5.40. The Balaban J connectivity index is 1.41. The molecule has 3 rings (SSSR count). The van der Waals surface area contributed by atoms with Gasteiger partial charge >= 0.3 is 0 Å². The molecule has 2 aliphatic heterocycles. The van der Waals surface area contributed by atoms with Crippen molar-refractivity contribution in [2.75, 3.05) is 70.5 Å². The molecular weight excluding hydrogens is 347 g/mol. The summed E-state index contributed by atoms with van der Waals surface area (Å²) in [5, 5.41) is 3.08. The van der Waals surface area contributed by atoms with Gasteiger partial charge in [0.25, 0.3) is 0 Å². The monoisotopic (exact) mass is 378 g/mol. The second-order valence-electron chi connectivity index (χ2n) is 7.90. The first kappa shape index (κ1) is 20.0. The first-order valence-corrected chi connectivity index (χ1v) is 9.77. The minimum atomic E-state index is -0.186. The van der Waals surface area contributed by atoms with E-state index in [1.165, 1.54) is 6.07 Å². The van der Waals surface area contributed by atoms with Crippen LogP contribution in [0.25, 0.3) is 0 Å². The second-order valence-corrected chi connectivity index (χ2v) is 7.90. The van der Waals surface area contributed by atoms with Crippen LogP contribution in [0.15, 0.2) is 24.3 Å². The first-order chi connectivity index (χ1) is 13.0. The Hall–Kier alpha value is -1.70. The maximum atomic E-state index is 13.9. The molecule has 150 valence electrons. The molecule has 0 unspecified atom stereocenters. The van der Waals surface area contributed by atoms with Crippen LogP contribution in [0, 0.1) is 5.82 Å². The molecule has 1 N–H and O–H groups in total. The molecule has 0 saturated carbocycles. The van der Waals surface area contributed by atoms with Crippen molar-refractivity contribution in [3.05, 3.63) is 30.1 Å². The molecule has 27 heavy (non-hydrogen) atoms. The fraction of sp³-hybridized carbons (Fsp3) is 0.650. The van der Waals surface area contributed by atoms with Crippen LogP contribution in [-0.2, 0) is 9.53 Å². The van der Waals surface area contributed by atoms with Crippen molar-refractivity contribution in [1.29, 1.82) is 0 Å². The molecule has 1 aromatic rings. The van der Waals surface area contributed by atoms with E-state index in [0.717, 1.165) is 52.5 Å². The predicted octanol–water partition coefficient (Wildman–Crippen LogP) is 1.17. The van der Waals surface area contributed by atoms with Crippen molar-refractivity contribution < 1.29 is 13.9 Å². The number of para-hydroxylation sites is 1. The van der Waals surface area contributed by atoms with Gasteiger partial charge in [-0.15, -0.1) is 0 Å². The molecule has 1 amide bonds. The van der Waals surface area contributed by atoms with E-state index in [9.17, 15) is 9.18 Å². The summed E-state index contributed by atoms with van der Waals surface area (Å²) >= 11 is 0. The molecular formula is C20H31FN4O2. The zero-order valence-electron chi connectivity index (χ0n) is 16.4. The smallest absolute Gasteiger partial charge is 0.234 e. The maximum absolute atomic E-state index is 13.9. The molecule has 7 heteroatoms. The summed E-state index contributed by atoms with van der Waals surface area (Å²) in [6.45, 7) is 11.6. The lowest BCUT2D eigenvalue weighted by Gasteiger charge is -2.41. The van der Waals surface area contributed by atoms with Gasteiger partial charge < -0.3 is 15.0 Å². The normalized spacial score (nSPS) is 19.9. The van der Waals surface area contributed by atoms with Crippen LogP contribution >= 0.6 is 0 Å². The Morgan fingerprint density at radius 3 is 2.44 bits per heavy atom. The lowest BCUT2D eigenvalue weighted by molar-refractivity contribution is -0.123. The number of hydrogen-bond donors (Lipinski definition) is 1. The number of carbonyl (C=O) groups excluding carboxylic acids is 1. The zero-order valence-corrected chi connectivity index (χ0v) is 16.4. The molecule has 0 bridgehead atoms. The van der Waals surface area contributed by atoms with Gasteiger partial charge in [-0.05, 0) is 26.0 Å². The number of benzene rings is 1. The Labute approximate surface area is 161 Å². The second kappa shape index (κ2) is 8.99. The maximum Gasteiger partial charge on any atom is 0.234 e. The number of rotatable bonds is 6. The van der Waals surface area contributed by atoms with Crippen LogP contribution in [0.1, 0.15) is 13.8 Å². The summed E-state index contributed by atoms with van der Waals surface area (Å²) in [5.41, 5.74) is 0.567. The van der Waals surface area contributed by atoms with Crippen LogP contribution in [0.3, 0.4) is 0 Å². The number of carbonyl (C=O) groups is 1. The van der Waals surface area contributed by atoms with E-state index in [1.54, 1.807) is 6.07 Å². The summed E-state index contributed by atoms with van der Waals surface area (Å²) in [6, 6.07) is 6.86. The van der Waals surface area contributed by atoms with Crippen LogP contribution in [0.4, 0.5) is 10.1 Å². The molecule has 2 saturated heterocycles. The fourth-order valence-electron chi connectivity index (χ4n) is 3.71. The average Bonchev–Trinajstić information content (AvgIpc) is 2.68. The molecule has 0 aromatic heterocycles. The zero-order chi connectivity index (χ0) is 19.3. The number of amides is 1. The van der Waals surface area contributed by atoms with E-state index in [-0.39, 0.29) is 17.3 Å². The lowest BCUT2D eigenvalue weighted by atomic mass is 10.0. The number of anilines is 1. The predicted molar refractivity (Wildman–Crippen MR) is 105 cm³/mol. The highest BCUT2D eigenvalue weighted by atomic mass is 19.1. The topological polar surface area (TPSA) is 48.1 Å². The third-order valence-electron chi connectivity index (χ3n) is 5.52. The Morgan fingerprint density at radius 2 is 1.78 bits per heavy atom. The van der Waals surface area contributed by atoms with Gasteiger partial charge in [0.2, 0.25) is 5.91 Å². The Morgan fingerprint density at radius 1 is 1.11 bits per heavy atom. The first-order valence-electron chi connectivity index (χ1n) is 9.77. The van der Waals surface area contributed by atoms with E-state index < -0.39 is 0 Å². The van der Waals surface area contributed by atoms with Crippen LogP contribution in [-0.4, -0.2) is 86.8 Å². The van der Waals surface area contributed by atoms with E-state index >= 15 is 0 Å². The highest BCUT2D eigenvalue weighted by molar-refractivity contribution is 5.78. The molecule has 2 heterocycles. The van der Waals surface area contributed by atoms with E-state index in [0.29, 0.717) is 18.8 Å². The van der Waals surface area contributed by atoms with E-state index in [1.807, 2.05) is 17.0 Å². The molecule has 0 radical (unpaired) electrons. The highest BCUT2D eigenvalue weighted by Gasteiger charge is 2.29. The number of halogens is 1. The molecule has 2 fully saturated rings. The van der Waals surface area contributed by atoms with E-state index in [2.05, 4.69) is 29.0 Å². The van der Waals surface area contributed by atoms with Gasteiger partial charge in [-0.3, -0.25) is 14.6 Å². The third-order valence-corrected chi connectivity index (χ3v) is 5.52. The number of morpholine rings is 1. The van der Waals surface area contributed by atoms with Crippen LogP contribution in [0.5, 0.6) is 0 Å². The van der Waals surface area contributed by atoms with Crippen molar-refractivity contribution in [3.63, 3.8) is 0 Å². The molecule has 2 aliphatic rings. The number of nitrogens with zero attached hydrogens (tertiary/aromatic N) is 3. The largest absolute Gasteiger partial charge is 0.379 e. The van der Waals surface area contributed by atoms with Crippen molar-refractivity contribution in [1.82, 2.24) is 15.1 Å². The SMILES string of the molecule is CC(C)(CNC(=O)CN1CCN(c2ccccc2F)CC1)N1CCOCC1. The van der Waals surface area contributed by atoms with E-state index in [4.69, 9.17) is 4.74 Å². The molecule has 0 spiro atoms. The number of hydrogen-bond acceptors (Lipinski definition) is 5. The van der Waals surface area contributed by atoms with Crippen molar-refractivity contribution in [2.45, 2.75) is 19.4 Å². The van der Waals surface area contributed by atoms with Gasteiger partial charge in [0, 0.05) is 51.4 Å². The number of piperazine rings is 1. The summed E-state index contributed by atoms with van der Waals surface area (Å²) in [5.74, 6) is -0.135. The van der Waals surface area contributed by atoms with Crippen LogP contribution < -0.4 is 10.2 Å². The summed E-state index contributed by atoms with van der Waals surface area (Å²) in [4.78, 5) is 18.9. The molecule has 0 atom stereocenters. The summed E-state index contributed by atoms with van der Waals surface area (Å²) < 4.78 is 19.3. The van der Waals surface area contributed by atoms with Gasteiger partial charge in [-0.2, -0.15) is 0 Å². The van der Waals surface area contributed by atoms with Gasteiger partial charge in [0.05, 0.1) is 25.4 Å². The average molecular weight is 378 g/mol. The number of nitrogens with one attached hydrogen (secondary N) is 1. The lowest BCUT2D eigenvalue weighted by Crippen LogP contribution is -2.56. The Kier molecular flexibility index (Phi) is 6.68. The molecule has 0 aliphatic carbocycles. The van der Waals surface area contributed by atoms with Gasteiger partial charge in [-0.25, -0.2) is 4.39 Å². The van der Waals surface area contributed by atoms with Crippen molar-refractivity contribution in [3.8, 4) is 0 Å². The fourth-order valence-corrected chi connectivity index (χ4v) is 3.71. The minimum absolute atomic E-state index is 0.0516. The van der Waals surface area contributed by atoms with Gasteiger partial charge in [0.15, 0.2) is 0 Å². The molecule has 1 aromatic carbocycles. The quantitative estimate of drug-likeness (QED) is 0.806. The van der Waals surface area contributed by atoms with Crippen molar-refractivity contribution >= 4 is 11.6 Å². The molecule has 6 nitrogen and oxygen atoms in total.